The molecule has 1 aromatic heterocycles. The highest BCUT2D eigenvalue weighted by Crippen LogP contribution is 2.19. The first-order valence-corrected chi connectivity index (χ1v) is 6.40. The molecular formula is C15H14N2O2S. The van der Waals surface area contributed by atoms with Crippen molar-refractivity contribution in [1.29, 1.82) is 0 Å². The molecule has 0 aliphatic rings. The number of hydrogen-bond acceptors (Lipinski definition) is 4. The van der Waals surface area contributed by atoms with Gasteiger partial charge in [-0.1, -0.05) is 30.4 Å². The Hall–Kier alpha value is -2.40. The van der Waals surface area contributed by atoms with Crippen molar-refractivity contribution in [3.05, 3.63) is 59.2 Å². The summed E-state index contributed by atoms with van der Waals surface area (Å²) in [6.07, 6.45) is 8.65. The van der Waals surface area contributed by atoms with Gasteiger partial charge in [-0.15, -0.1) is 0 Å². The standard InChI is InChI=1S/C15H14N2O2S/c1-17-14(18)13(19-15(17)20)10-6-3-7-11-16-12-8-4-2-5-9-12/h2-11,18H,1H3/b7-3+,10-6+,16-11?. The van der Waals surface area contributed by atoms with E-state index in [2.05, 4.69) is 4.99 Å². The predicted molar refractivity (Wildman–Crippen MR) is 82.9 cm³/mol. The lowest BCUT2D eigenvalue weighted by Crippen LogP contribution is -1.84. The summed E-state index contributed by atoms with van der Waals surface area (Å²) in [7, 11) is 1.64. The number of para-hydroxylation sites is 1. The SMILES string of the molecule is Cn1c(O)c(/C=C/C=C/C=Nc2ccccc2)oc1=S. The molecule has 0 saturated carbocycles. The molecule has 2 aromatic rings. The summed E-state index contributed by atoms with van der Waals surface area (Å²) in [5.74, 6) is 0.347. The van der Waals surface area contributed by atoms with E-state index >= 15 is 0 Å². The fourth-order valence-corrected chi connectivity index (χ4v) is 1.64. The number of nitrogens with zero attached hydrogens (tertiary/aromatic N) is 2. The van der Waals surface area contributed by atoms with Gasteiger partial charge in [-0.25, -0.2) is 0 Å². The zero-order valence-corrected chi connectivity index (χ0v) is 11.7. The van der Waals surface area contributed by atoms with E-state index in [1.165, 1.54) is 4.57 Å². The number of benzene rings is 1. The number of oxazole rings is 1. The number of aliphatic imine (C=N–C) groups is 1. The highest BCUT2D eigenvalue weighted by atomic mass is 32.1. The molecule has 0 atom stereocenters. The van der Waals surface area contributed by atoms with Crippen LogP contribution in [0.5, 0.6) is 5.88 Å². The summed E-state index contributed by atoms with van der Waals surface area (Å²) >= 11 is 4.90. The highest BCUT2D eigenvalue weighted by molar-refractivity contribution is 7.71. The maximum Gasteiger partial charge on any atom is 0.271 e. The Morgan fingerprint density at radius 1 is 1.20 bits per heavy atom. The Morgan fingerprint density at radius 2 is 1.95 bits per heavy atom. The number of aromatic nitrogens is 1. The minimum atomic E-state index is 0.0117. The fraction of sp³-hybridized carbons (Fsp3) is 0.0667. The molecule has 0 fully saturated rings. The Balaban J connectivity index is 1.96. The molecule has 0 bridgehead atoms. The zero-order valence-electron chi connectivity index (χ0n) is 10.9. The first kappa shape index (κ1) is 14.0. The highest BCUT2D eigenvalue weighted by Gasteiger charge is 2.06. The minimum absolute atomic E-state index is 0.0117. The molecular weight excluding hydrogens is 272 g/mol. The summed E-state index contributed by atoms with van der Waals surface area (Å²) in [5, 5.41) is 9.67. The van der Waals surface area contributed by atoms with Crippen molar-refractivity contribution < 1.29 is 9.52 Å². The molecule has 1 N–H and O–H groups in total. The van der Waals surface area contributed by atoms with Crippen LogP contribution in [0.1, 0.15) is 5.76 Å². The molecule has 0 saturated heterocycles. The third-order valence-corrected chi connectivity index (χ3v) is 2.90. The molecule has 1 aromatic carbocycles. The molecule has 20 heavy (non-hydrogen) atoms. The summed E-state index contributed by atoms with van der Waals surface area (Å²) in [5.41, 5.74) is 0.896. The third-order valence-electron chi connectivity index (χ3n) is 2.54. The van der Waals surface area contributed by atoms with Crippen LogP contribution in [0.25, 0.3) is 6.08 Å². The maximum atomic E-state index is 9.67. The van der Waals surface area contributed by atoms with Crippen molar-refractivity contribution in [2.24, 2.45) is 12.0 Å². The van der Waals surface area contributed by atoms with Gasteiger partial charge >= 0.3 is 0 Å². The molecule has 0 spiro atoms. The molecule has 1 heterocycles. The smallest absolute Gasteiger partial charge is 0.271 e. The van der Waals surface area contributed by atoms with Crippen LogP contribution in [-0.4, -0.2) is 15.9 Å². The molecule has 0 aliphatic carbocycles. The second kappa shape index (κ2) is 6.68. The molecule has 0 radical (unpaired) electrons. The lowest BCUT2D eigenvalue weighted by molar-refractivity contribution is 0.428. The normalized spacial score (nSPS) is 12.1. The van der Waals surface area contributed by atoms with E-state index in [1.807, 2.05) is 30.3 Å². The van der Waals surface area contributed by atoms with Crippen LogP contribution in [0.4, 0.5) is 5.69 Å². The quantitative estimate of drug-likeness (QED) is 0.524. The van der Waals surface area contributed by atoms with Crippen LogP contribution in [-0.2, 0) is 7.05 Å². The molecule has 5 heteroatoms. The van der Waals surface area contributed by atoms with Gasteiger partial charge in [-0.2, -0.15) is 0 Å². The van der Waals surface area contributed by atoms with Gasteiger partial charge in [-0.05, 0) is 36.5 Å². The molecule has 0 amide bonds. The van der Waals surface area contributed by atoms with Crippen molar-refractivity contribution in [2.45, 2.75) is 0 Å². The van der Waals surface area contributed by atoms with Crippen LogP contribution in [0.3, 0.4) is 0 Å². The second-order valence-corrected chi connectivity index (χ2v) is 4.32. The van der Waals surface area contributed by atoms with Crippen molar-refractivity contribution in [3.8, 4) is 5.88 Å². The number of allylic oxidation sites excluding steroid dienone is 3. The van der Waals surface area contributed by atoms with Crippen LogP contribution in [0, 0.1) is 4.84 Å². The Kier molecular flexibility index (Phi) is 4.68. The number of hydrogen-bond donors (Lipinski definition) is 1. The van der Waals surface area contributed by atoms with E-state index in [9.17, 15) is 5.11 Å². The van der Waals surface area contributed by atoms with Gasteiger partial charge < -0.3 is 9.52 Å². The molecule has 4 nitrogen and oxygen atoms in total. The molecule has 0 aliphatic heterocycles. The summed E-state index contributed by atoms with van der Waals surface area (Å²) in [6, 6.07) is 9.66. The Bertz CT molecular complexity index is 709. The van der Waals surface area contributed by atoms with Crippen LogP contribution < -0.4 is 0 Å². The average Bonchev–Trinajstić information content (AvgIpc) is 2.71. The zero-order chi connectivity index (χ0) is 14.4. The van der Waals surface area contributed by atoms with E-state index < -0.39 is 0 Å². The minimum Gasteiger partial charge on any atom is -0.492 e. The predicted octanol–water partition coefficient (Wildman–Crippen LogP) is 4.03. The number of aromatic hydroxyl groups is 1. The van der Waals surface area contributed by atoms with Gasteiger partial charge in [0.2, 0.25) is 5.88 Å². The van der Waals surface area contributed by atoms with Gasteiger partial charge in [0.15, 0.2) is 5.76 Å². The van der Waals surface area contributed by atoms with E-state index in [0.29, 0.717) is 5.76 Å². The van der Waals surface area contributed by atoms with Gasteiger partial charge in [0.05, 0.1) is 5.69 Å². The van der Waals surface area contributed by atoms with E-state index in [0.717, 1.165) is 5.69 Å². The maximum absolute atomic E-state index is 9.67. The summed E-state index contributed by atoms with van der Waals surface area (Å²) in [6.45, 7) is 0. The van der Waals surface area contributed by atoms with Gasteiger partial charge in [0, 0.05) is 13.3 Å². The van der Waals surface area contributed by atoms with Gasteiger partial charge in [0.1, 0.15) is 0 Å². The first-order valence-electron chi connectivity index (χ1n) is 5.99. The second-order valence-electron chi connectivity index (χ2n) is 3.97. The van der Waals surface area contributed by atoms with Crippen molar-refractivity contribution in [1.82, 2.24) is 4.57 Å². The Labute approximate surface area is 122 Å². The monoisotopic (exact) mass is 286 g/mol. The van der Waals surface area contributed by atoms with Crippen LogP contribution in [0.2, 0.25) is 0 Å². The summed E-state index contributed by atoms with van der Waals surface area (Å²) in [4.78, 5) is 4.48. The van der Waals surface area contributed by atoms with Crippen molar-refractivity contribution in [2.75, 3.05) is 0 Å². The lowest BCUT2D eigenvalue weighted by Gasteiger charge is -1.89. The van der Waals surface area contributed by atoms with Gasteiger partial charge in [0.25, 0.3) is 4.84 Å². The van der Waals surface area contributed by atoms with E-state index in [1.54, 1.807) is 37.6 Å². The van der Waals surface area contributed by atoms with Crippen LogP contribution >= 0.6 is 12.2 Å². The lowest BCUT2D eigenvalue weighted by atomic mass is 10.3. The van der Waals surface area contributed by atoms with E-state index in [-0.39, 0.29) is 10.7 Å². The van der Waals surface area contributed by atoms with Crippen LogP contribution in [0.15, 0.2) is 58.0 Å². The summed E-state index contributed by atoms with van der Waals surface area (Å²) < 4.78 is 6.59. The molecule has 2 rings (SSSR count). The number of rotatable bonds is 4. The Morgan fingerprint density at radius 3 is 2.60 bits per heavy atom. The first-order chi connectivity index (χ1) is 9.68. The fourth-order valence-electron chi connectivity index (χ4n) is 1.47. The average molecular weight is 286 g/mol. The van der Waals surface area contributed by atoms with E-state index in [4.69, 9.17) is 16.6 Å². The molecule has 0 unspecified atom stereocenters. The van der Waals surface area contributed by atoms with Gasteiger partial charge in [-0.3, -0.25) is 9.56 Å². The molecule has 102 valence electrons. The van der Waals surface area contributed by atoms with Crippen molar-refractivity contribution in [3.63, 3.8) is 0 Å². The van der Waals surface area contributed by atoms with Crippen molar-refractivity contribution >= 4 is 30.2 Å². The third kappa shape index (κ3) is 3.55. The topological polar surface area (TPSA) is 50.7 Å². The largest absolute Gasteiger partial charge is 0.492 e.